The number of benzene rings is 3. The van der Waals surface area contributed by atoms with Gasteiger partial charge in [-0.2, -0.15) is 0 Å². The molecule has 3 aromatic rings. The van der Waals surface area contributed by atoms with Crippen LogP contribution in [-0.2, 0) is 14.8 Å². The van der Waals surface area contributed by atoms with Gasteiger partial charge in [-0.1, -0.05) is 36.4 Å². The number of sulfonamides is 1. The Morgan fingerprint density at radius 2 is 1.77 bits per heavy atom. The summed E-state index contributed by atoms with van der Waals surface area (Å²) in [7, 11) is -3.58. The molecule has 1 amide bonds. The second kappa shape index (κ2) is 8.59. The van der Waals surface area contributed by atoms with E-state index in [0.717, 1.165) is 22.1 Å². The highest BCUT2D eigenvalue weighted by Gasteiger charge is 2.35. The van der Waals surface area contributed by atoms with Gasteiger partial charge in [-0.05, 0) is 55.5 Å². The van der Waals surface area contributed by atoms with Gasteiger partial charge in [0.25, 0.3) is 10.0 Å². The van der Waals surface area contributed by atoms with E-state index < -0.39 is 10.0 Å². The van der Waals surface area contributed by atoms with Crippen LogP contribution in [0.5, 0.6) is 5.75 Å². The summed E-state index contributed by atoms with van der Waals surface area (Å²) in [6, 6.07) is 18.4. The lowest BCUT2D eigenvalue weighted by Gasteiger charge is -2.19. The molecule has 1 heterocycles. The number of rotatable bonds is 8. The molecule has 0 saturated heterocycles. The summed E-state index contributed by atoms with van der Waals surface area (Å²) in [5.74, 6) is 0.696. The van der Waals surface area contributed by atoms with Crippen molar-refractivity contribution in [3.05, 3.63) is 66.2 Å². The number of carbonyl (C=O) groups excluding carboxylic acids is 1. The Labute approximate surface area is 182 Å². The van der Waals surface area contributed by atoms with Crippen molar-refractivity contribution in [2.24, 2.45) is 0 Å². The first-order valence-electron chi connectivity index (χ1n) is 10.5. The smallest absolute Gasteiger partial charge is 0.265 e. The quantitative estimate of drug-likeness (QED) is 0.565. The van der Waals surface area contributed by atoms with Crippen molar-refractivity contribution in [1.82, 2.24) is 5.32 Å². The van der Waals surface area contributed by atoms with Crippen LogP contribution in [0.4, 0.5) is 5.69 Å². The Balaban J connectivity index is 1.36. The maximum Gasteiger partial charge on any atom is 0.265 e. The number of nitrogens with zero attached hydrogens (tertiary/aromatic N) is 1. The molecule has 0 saturated carbocycles. The molecule has 1 N–H and O–H groups in total. The Morgan fingerprint density at radius 1 is 1.06 bits per heavy atom. The van der Waals surface area contributed by atoms with E-state index in [4.69, 9.17) is 4.74 Å². The molecule has 1 aliphatic rings. The minimum absolute atomic E-state index is 0.103. The van der Waals surface area contributed by atoms with Crippen molar-refractivity contribution < 1.29 is 17.9 Å². The van der Waals surface area contributed by atoms with Crippen molar-refractivity contribution in [2.45, 2.75) is 37.6 Å². The van der Waals surface area contributed by atoms with Gasteiger partial charge in [0.15, 0.2) is 0 Å². The van der Waals surface area contributed by atoms with Crippen LogP contribution in [-0.4, -0.2) is 27.5 Å². The number of hydrogen-bond acceptors (Lipinski definition) is 4. The topological polar surface area (TPSA) is 75.7 Å². The van der Waals surface area contributed by atoms with Gasteiger partial charge in [0.2, 0.25) is 5.91 Å². The normalized spacial score (nSPS) is 15.1. The Bertz CT molecular complexity index is 1200. The highest BCUT2D eigenvalue weighted by atomic mass is 32.2. The lowest BCUT2D eigenvalue weighted by atomic mass is 10.1. The summed E-state index contributed by atoms with van der Waals surface area (Å²) >= 11 is 0. The molecule has 3 aromatic carbocycles. The molecular formula is C24H26N2O4S. The number of amides is 1. The maximum absolute atomic E-state index is 13.0. The van der Waals surface area contributed by atoms with Gasteiger partial charge in [0, 0.05) is 18.4 Å². The second-order valence-corrected chi connectivity index (χ2v) is 9.43. The Morgan fingerprint density at radius 3 is 2.48 bits per heavy atom. The van der Waals surface area contributed by atoms with E-state index in [2.05, 4.69) is 5.32 Å². The molecule has 0 bridgehead atoms. The highest BCUT2D eigenvalue weighted by molar-refractivity contribution is 7.93. The predicted molar refractivity (Wildman–Crippen MR) is 122 cm³/mol. The molecule has 4 rings (SSSR count). The van der Waals surface area contributed by atoms with Crippen LogP contribution in [0.3, 0.4) is 0 Å². The van der Waals surface area contributed by atoms with Gasteiger partial charge >= 0.3 is 0 Å². The average Bonchev–Trinajstić information content (AvgIpc) is 2.98. The van der Waals surface area contributed by atoms with Gasteiger partial charge in [-0.15, -0.1) is 0 Å². The van der Waals surface area contributed by atoms with Gasteiger partial charge in [0.1, 0.15) is 5.75 Å². The van der Waals surface area contributed by atoms with Crippen LogP contribution in [0.15, 0.2) is 65.6 Å². The standard InChI is InChI=1S/C24H26N2O4S/c1-3-30-20-14-12-18(13-15-20)17(2)25-23(27)11-6-16-26-21-9-4-7-19-8-5-10-22(24(19)21)31(26,28)29/h4-5,7-10,12-15,17H,3,6,11,16H2,1-2H3,(H,25,27)/t17-/m1/s1. The van der Waals surface area contributed by atoms with Crippen molar-refractivity contribution in [2.75, 3.05) is 17.5 Å². The summed E-state index contributed by atoms with van der Waals surface area (Å²) in [6.45, 7) is 4.73. The molecule has 7 heteroatoms. The van der Waals surface area contributed by atoms with E-state index in [-0.39, 0.29) is 24.9 Å². The van der Waals surface area contributed by atoms with Crippen LogP contribution in [0, 0.1) is 0 Å². The zero-order valence-electron chi connectivity index (χ0n) is 17.7. The van der Waals surface area contributed by atoms with Gasteiger partial charge in [-0.25, -0.2) is 8.42 Å². The third-order valence-corrected chi connectivity index (χ3v) is 7.37. The third kappa shape index (κ3) is 4.10. The maximum atomic E-state index is 13.0. The van der Waals surface area contributed by atoms with Gasteiger partial charge in [0.05, 0.1) is 23.2 Å². The van der Waals surface area contributed by atoms with Crippen molar-refractivity contribution >= 4 is 32.4 Å². The SMILES string of the molecule is CCOc1ccc([C@@H](C)NC(=O)CCCN2c3cccc4cccc(c34)S2(=O)=O)cc1. The van der Waals surface area contributed by atoms with Crippen LogP contribution in [0.2, 0.25) is 0 Å². The molecule has 0 spiro atoms. The molecule has 0 aliphatic carbocycles. The fraction of sp³-hybridized carbons (Fsp3) is 0.292. The average molecular weight is 439 g/mol. The first-order chi connectivity index (χ1) is 14.9. The van der Waals surface area contributed by atoms with E-state index in [0.29, 0.717) is 23.6 Å². The third-order valence-electron chi connectivity index (χ3n) is 5.51. The van der Waals surface area contributed by atoms with E-state index in [1.54, 1.807) is 12.1 Å². The molecule has 0 radical (unpaired) electrons. The van der Waals surface area contributed by atoms with E-state index >= 15 is 0 Å². The predicted octanol–water partition coefficient (Wildman–Crippen LogP) is 4.40. The molecule has 6 nitrogen and oxygen atoms in total. The lowest BCUT2D eigenvalue weighted by Crippen LogP contribution is -2.30. The minimum atomic E-state index is -3.58. The minimum Gasteiger partial charge on any atom is -0.494 e. The summed E-state index contributed by atoms with van der Waals surface area (Å²) in [4.78, 5) is 12.8. The fourth-order valence-electron chi connectivity index (χ4n) is 4.00. The number of nitrogens with one attached hydrogen (secondary N) is 1. The van der Waals surface area contributed by atoms with Crippen LogP contribution >= 0.6 is 0 Å². The molecule has 162 valence electrons. The van der Waals surface area contributed by atoms with Crippen molar-refractivity contribution in [1.29, 1.82) is 0 Å². The van der Waals surface area contributed by atoms with Crippen molar-refractivity contribution in [3.8, 4) is 5.75 Å². The van der Waals surface area contributed by atoms with Crippen molar-refractivity contribution in [3.63, 3.8) is 0 Å². The van der Waals surface area contributed by atoms with E-state index in [1.165, 1.54) is 4.31 Å². The molecule has 0 fully saturated rings. The molecule has 1 aliphatic heterocycles. The Hall–Kier alpha value is -3.06. The molecular weight excluding hydrogens is 412 g/mol. The van der Waals surface area contributed by atoms with E-state index in [1.807, 2.05) is 62.4 Å². The van der Waals surface area contributed by atoms with Crippen LogP contribution in [0.1, 0.15) is 38.3 Å². The van der Waals surface area contributed by atoms with Gasteiger partial charge < -0.3 is 10.1 Å². The largest absolute Gasteiger partial charge is 0.494 e. The Kier molecular flexibility index (Phi) is 5.87. The highest BCUT2D eigenvalue weighted by Crippen LogP contribution is 2.41. The zero-order chi connectivity index (χ0) is 22.0. The molecule has 0 aromatic heterocycles. The molecule has 31 heavy (non-hydrogen) atoms. The lowest BCUT2D eigenvalue weighted by molar-refractivity contribution is -0.121. The van der Waals surface area contributed by atoms with Crippen LogP contribution in [0.25, 0.3) is 10.8 Å². The summed E-state index contributed by atoms with van der Waals surface area (Å²) in [5, 5.41) is 4.65. The van der Waals surface area contributed by atoms with Crippen LogP contribution < -0.4 is 14.4 Å². The second-order valence-electron chi connectivity index (χ2n) is 7.60. The summed E-state index contributed by atoms with van der Waals surface area (Å²) < 4.78 is 32.9. The number of ether oxygens (including phenoxy) is 1. The first kappa shape index (κ1) is 21.2. The summed E-state index contributed by atoms with van der Waals surface area (Å²) in [5.41, 5.74) is 1.68. The number of anilines is 1. The number of carbonyl (C=O) groups is 1. The monoisotopic (exact) mass is 438 g/mol. The first-order valence-corrected chi connectivity index (χ1v) is 11.9. The number of hydrogen-bond donors (Lipinski definition) is 1. The van der Waals surface area contributed by atoms with E-state index in [9.17, 15) is 13.2 Å². The molecule has 1 atom stereocenters. The van der Waals surface area contributed by atoms with Gasteiger partial charge in [-0.3, -0.25) is 9.10 Å². The molecule has 0 unspecified atom stereocenters. The fourth-order valence-corrected chi connectivity index (χ4v) is 5.75. The summed E-state index contributed by atoms with van der Waals surface area (Å²) in [6.07, 6.45) is 0.686. The zero-order valence-corrected chi connectivity index (χ0v) is 18.5.